The largest absolute Gasteiger partial charge is 0.379 e. The molecule has 1 aromatic heterocycles. The maximum Gasteiger partial charge on any atom is 0.266 e. The number of thiazole rings is 1. The fourth-order valence-corrected chi connectivity index (χ4v) is 6.33. The second-order valence-electron chi connectivity index (χ2n) is 7.85. The molecule has 12 heteroatoms. The highest BCUT2D eigenvalue weighted by Crippen LogP contribution is 2.62. The van der Waals surface area contributed by atoms with Gasteiger partial charge in [0.15, 0.2) is 5.13 Å². The average molecular weight is 481 g/mol. The van der Waals surface area contributed by atoms with Crippen LogP contribution in [-0.4, -0.2) is 50.4 Å². The minimum Gasteiger partial charge on any atom is -0.379 e. The maximum absolute atomic E-state index is 14.7. The third-order valence-electron chi connectivity index (χ3n) is 5.80. The molecular weight excluding hydrogens is 461 g/mol. The number of fused-ring (bicyclic) bond motifs is 1. The normalized spacial score (nSPS) is 27.6. The van der Waals surface area contributed by atoms with Gasteiger partial charge in [-0.3, -0.25) is 4.72 Å². The van der Waals surface area contributed by atoms with Crippen molar-refractivity contribution in [3.8, 4) is 0 Å². The predicted octanol–water partition coefficient (Wildman–Crippen LogP) is 4.12. The summed E-state index contributed by atoms with van der Waals surface area (Å²) in [7, 11) is -0.609. The van der Waals surface area contributed by atoms with Crippen LogP contribution in [0.25, 0.3) is 0 Å². The van der Waals surface area contributed by atoms with Gasteiger partial charge < -0.3 is 10.2 Å². The number of sulfonamides is 1. The molecule has 2 aliphatic rings. The van der Waals surface area contributed by atoms with E-state index in [9.17, 15) is 21.6 Å². The molecule has 30 heavy (non-hydrogen) atoms. The molecule has 4 rings (SSSR count). The zero-order chi connectivity index (χ0) is 21.8. The smallest absolute Gasteiger partial charge is 0.266 e. The molecule has 2 unspecified atom stereocenters. The summed E-state index contributed by atoms with van der Waals surface area (Å²) >= 11 is 7.30. The number of nitrogens with one attached hydrogen (secondary N) is 2. The van der Waals surface area contributed by atoms with Crippen LogP contribution in [0.15, 0.2) is 28.6 Å². The molecule has 2 N–H and O–H groups in total. The fraction of sp³-hybridized carbons (Fsp3) is 0.500. The lowest BCUT2D eigenvalue weighted by Crippen LogP contribution is -2.46. The Labute approximate surface area is 181 Å². The lowest BCUT2D eigenvalue weighted by atomic mass is 9.89. The Morgan fingerprint density at radius 3 is 2.60 bits per heavy atom. The van der Waals surface area contributed by atoms with Crippen molar-refractivity contribution < 1.29 is 21.6 Å². The van der Waals surface area contributed by atoms with Crippen LogP contribution in [0.5, 0.6) is 0 Å². The van der Waals surface area contributed by atoms with Crippen molar-refractivity contribution in [3.63, 3.8) is 0 Å². The third-order valence-corrected chi connectivity index (χ3v) is 8.29. The van der Waals surface area contributed by atoms with E-state index in [1.165, 1.54) is 6.20 Å². The molecule has 2 aromatic rings. The van der Waals surface area contributed by atoms with Crippen molar-refractivity contribution in [1.82, 2.24) is 9.88 Å². The number of halogens is 4. The summed E-state index contributed by atoms with van der Waals surface area (Å²) in [6.45, 7) is 0. The second-order valence-corrected chi connectivity index (χ2v) is 10.8. The van der Waals surface area contributed by atoms with Gasteiger partial charge in [-0.25, -0.2) is 26.6 Å². The molecule has 0 amide bonds. The van der Waals surface area contributed by atoms with Gasteiger partial charge in [-0.2, -0.15) is 0 Å². The number of benzene rings is 1. The number of hydrogen-bond donors (Lipinski definition) is 2. The molecule has 0 aliphatic heterocycles. The predicted molar refractivity (Wildman–Crippen MR) is 110 cm³/mol. The molecule has 2 fully saturated rings. The van der Waals surface area contributed by atoms with E-state index in [1.54, 1.807) is 5.38 Å². The van der Waals surface area contributed by atoms with Crippen LogP contribution in [0.1, 0.15) is 12.8 Å². The standard InChI is InChI=1S/C18H20ClF3N4O2S2/c1-26(2)15-6-10-9(18(10,21)22)5-14(15)24-13-8-12(20)16(7-11(13)19)30(27,28)25-17-23-3-4-29-17/h3-4,7-10,14-15,24H,5-6H2,1-2H3,(H,23,25)/t9?,10?,14-,15-/m1/s1. The van der Waals surface area contributed by atoms with Gasteiger partial charge in [0, 0.05) is 35.5 Å². The van der Waals surface area contributed by atoms with Gasteiger partial charge in [0.25, 0.3) is 15.9 Å². The minimum absolute atomic E-state index is 0.0156. The summed E-state index contributed by atoms with van der Waals surface area (Å²) in [6, 6.07) is 1.44. The van der Waals surface area contributed by atoms with Gasteiger partial charge >= 0.3 is 0 Å². The van der Waals surface area contributed by atoms with E-state index in [1.807, 2.05) is 19.0 Å². The van der Waals surface area contributed by atoms with Crippen molar-refractivity contribution in [1.29, 1.82) is 0 Å². The minimum atomic E-state index is -4.22. The number of alkyl halides is 2. The molecule has 6 nitrogen and oxygen atoms in total. The molecule has 1 heterocycles. The Kier molecular flexibility index (Phi) is 5.44. The third kappa shape index (κ3) is 3.88. The number of hydrogen-bond acceptors (Lipinski definition) is 6. The van der Waals surface area contributed by atoms with Crippen molar-refractivity contribution >= 4 is 43.8 Å². The summed E-state index contributed by atoms with van der Waals surface area (Å²) in [5, 5.41) is 4.73. The first-order valence-corrected chi connectivity index (χ1v) is 12.0. The molecule has 164 valence electrons. The number of rotatable bonds is 6. The summed E-state index contributed by atoms with van der Waals surface area (Å²) in [5.41, 5.74) is 0.168. The van der Waals surface area contributed by atoms with E-state index in [4.69, 9.17) is 11.6 Å². The molecule has 0 bridgehead atoms. The molecule has 4 atom stereocenters. The van der Waals surface area contributed by atoms with E-state index < -0.39 is 38.5 Å². The van der Waals surface area contributed by atoms with Crippen LogP contribution in [0.4, 0.5) is 24.0 Å². The highest BCUT2D eigenvalue weighted by Gasteiger charge is 2.70. The number of aromatic nitrogens is 1. The number of nitrogens with zero attached hydrogens (tertiary/aromatic N) is 2. The second kappa shape index (κ2) is 7.54. The Morgan fingerprint density at radius 2 is 1.97 bits per heavy atom. The van der Waals surface area contributed by atoms with E-state index in [0.29, 0.717) is 6.42 Å². The first-order chi connectivity index (χ1) is 14.0. The van der Waals surface area contributed by atoms with Gasteiger partial charge in [0.05, 0.1) is 10.7 Å². The monoisotopic (exact) mass is 480 g/mol. The maximum atomic E-state index is 14.7. The Morgan fingerprint density at radius 1 is 1.27 bits per heavy atom. The molecule has 0 spiro atoms. The summed E-state index contributed by atoms with van der Waals surface area (Å²) < 4.78 is 69.7. The SMILES string of the molecule is CN(C)[C@@H]1CC2C(C[C@H]1Nc1cc(F)c(S(=O)(=O)Nc3nccs3)cc1Cl)C2(F)F. The summed E-state index contributed by atoms with van der Waals surface area (Å²) in [4.78, 5) is 5.06. The molecule has 1 aromatic carbocycles. The average Bonchev–Trinajstić information content (AvgIpc) is 2.97. The lowest BCUT2D eigenvalue weighted by molar-refractivity contribution is 0.0837. The summed E-state index contributed by atoms with van der Waals surface area (Å²) in [5.74, 6) is -4.99. The van der Waals surface area contributed by atoms with Crippen molar-refractivity contribution in [3.05, 3.63) is 34.5 Å². The van der Waals surface area contributed by atoms with E-state index in [0.717, 1.165) is 23.5 Å². The Balaban J connectivity index is 1.57. The molecule has 2 saturated carbocycles. The number of likely N-dealkylation sites (N-methyl/N-ethyl adjacent to an activating group) is 1. The zero-order valence-corrected chi connectivity index (χ0v) is 18.5. The van der Waals surface area contributed by atoms with Gasteiger partial charge in [0.2, 0.25) is 0 Å². The highest BCUT2D eigenvalue weighted by molar-refractivity contribution is 7.93. The summed E-state index contributed by atoms with van der Waals surface area (Å²) in [6.07, 6.45) is 1.97. The van der Waals surface area contributed by atoms with Gasteiger partial charge in [-0.1, -0.05) is 11.6 Å². The highest BCUT2D eigenvalue weighted by atomic mass is 35.5. The van der Waals surface area contributed by atoms with Crippen molar-refractivity contribution in [2.24, 2.45) is 11.8 Å². The zero-order valence-electron chi connectivity index (χ0n) is 16.1. The van der Waals surface area contributed by atoms with Gasteiger partial charge in [0.1, 0.15) is 10.7 Å². The first kappa shape index (κ1) is 21.7. The Hall–Kier alpha value is -1.56. The van der Waals surface area contributed by atoms with E-state index in [-0.39, 0.29) is 34.3 Å². The van der Waals surface area contributed by atoms with Crippen LogP contribution in [0, 0.1) is 17.7 Å². The number of anilines is 2. The van der Waals surface area contributed by atoms with E-state index in [2.05, 4.69) is 15.0 Å². The van der Waals surface area contributed by atoms with Crippen LogP contribution >= 0.6 is 22.9 Å². The van der Waals surface area contributed by atoms with Crippen molar-refractivity contribution in [2.75, 3.05) is 24.1 Å². The quantitative estimate of drug-likeness (QED) is 0.650. The van der Waals surface area contributed by atoms with Crippen LogP contribution in [0.2, 0.25) is 5.02 Å². The van der Waals surface area contributed by atoms with Gasteiger partial charge in [-0.15, -0.1) is 11.3 Å². The van der Waals surface area contributed by atoms with Crippen LogP contribution in [0.3, 0.4) is 0 Å². The first-order valence-electron chi connectivity index (χ1n) is 9.23. The van der Waals surface area contributed by atoms with Crippen molar-refractivity contribution in [2.45, 2.75) is 35.7 Å². The molecule has 2 aliphatic carbocycles. The molecule has 0 saturated heterocycles. The molecular formula is C18H20ClF3N4O2S2. The Bertz CT molecular complexity index is 1050. The van der Waals surface area contributed by atoms with Crippen LogP contribution in [-0.2, 0) is 10.0 Å². The van der Waals surface area contributed by atoms with Gasteiger partial charge in [-0.05, 0) is 39.1 Å². The molecule has 0 radical (unpaired) electrons. The fourth-order valence-electron chi connectivity index (χ4n) is 4.17. The van der Waals surface area contributed by atoms with E-state index >= 15 is 0 Å². The topological polar surface area (TPSA) is 74.3 Å². The van der Waals surface area contributed by atoms with Crippen LogP contribution < -0.4 is 10.0 Å². The lowest BCUT2D eigenvalue weighted by Gasteiger charge is -2.36.